The molecule has 102 valence electrons. The van der Waals surface area contributed by atoms with Crippen molar-refractivity contribution in [2.24, 2.45) is 0 Å². The molecule has 1 N–H and O–H groups in total. The summed E-state index contributed by atoms with van der Waals surface area (Å²) in [5.74, 6) is 0.866. The first-order valence-electron chi connectivity index (χ1n) is 6.32. The minimum atomic E-state index is 0.667. The number of H-pyrrole nitrogens is 1. The maximum atomic E-state index is 5.46. The molecule has 1 aromatic heterocycles. The lowest BCUT2D eigenvalue weighted by molar-refractivity contribution is 0.340. The number of fused-ring (bicyclic) bond motifs is 1. The number of rotatable bonds is 3. The van der Waals surface area contributed by atoms with Crippen molar-refractivity contribution < 1.29 is 4.74 Å². The summed E-state index contributed by atoms with van der Waals surface area (Å²) in [5.41, 5.74) is 3.09. The van der Waals surface area contributed by atoms with Crippen LogP contribution in [0.3, 0.4) is 0 Å². The van der Waals surface area contributed by atoms with Crippen molar-refractivity contribution in [2.75, 3.05) is 6.61 Å². The third-order valence-electron chi connectivity index (χ3n) is 3.05. The van der Waals surface area contributed by atoms with Crippen LogP contribution in [0.5, 0.6) is 5.75 Å². The van der Waals surface area contributed by atoms with Gasteiger partial charge in [-0.1, -0.05) is 15.9 Å². The Morgan fingerprint density at radius 3 is 2.65 bits per heavy atom. The lowest BCUT2D eigenvalue weighted by Gasteiger charge is -2.07. The van der Waals surface area contributed by atoms with Gasteiger partial charge in [0.1, 0.15) is 5.75 Å². The van der Waals surface area contributed by atoms with Crippen molar-refractivity contribution in [3.05, 3.63) is 51.7 Å². The number of hydrogen-bond acceptors (Lipinski definition) is 2. The standard InChI is InChI=1S/C15H13BrN2OS/c1-2-19-12-6-4-11(5-7-12)18-14-8-3-10(16)9-13(14)17-15(18)20/h3-9H,2H2,1H3,(H,17,20). The van der Waals surface area contributed by atoms with Crippen LogP contribution in [0.4, 0.5) is 0 Å². The molecule has 0 saturated carbocycles. The molecule has 0 atom stereocenters. The van der Waals surface area contributed by atoms with Crippen LogP contribution in [-0.4, -0.2) is 16.2 Å². The maximum absolute atomic E-state index is 5.46. The number of benzene rings is 2. The summed E-state index contributed by atoms with van der Waals surface area (Å²) in [5, 5.41) is 0. The number of ether oxygens (including phenoxy) is 1. The van der Waals surface area contributed by atoms with Gasteiger partial charge in [0.05, 0.1) is 17.6 Å². The van der Waals surface area contributed by atoms with E-state index in [1.54, 1.807) is 0 Å². The van der Waals surface area contributed by atoms with E-state index in [0.29, 0.717) is 11.4 Å². The Labute approximate surface area is 130 Å². The molecule has 3 nitrogen and oxygen atoms in total. The lowest BCUT2D eigenvalue weighted by atomic mass is 10.2. The van der Waals surface area contributed by atoms with E-state index in [0.717, 1.165) is 26.9 Å². The molecule has 3 rings (SSSR count). The van der Waals surface area contributed by atoms with Gasteiger partial charge < -0.3 is 9.72 Å². The van der Waals surface area contributed by atoms with Gasteiger partial charge in [-0.05, 0) is 61.6 Å². The first-order valence-corrected chi connectivity index (χ1v) is 7.52. The highest BCUT2D eigenvalue weighted by atomic mass is 79.9. The first-order chi connectivity index (χ1) is 9.69. The Morgan fingerprint density at radius 2 is 1.95 bits per heavy atom. The molecule has 0 aliphatic carbocycles. The third-order valence-corrected chi connectivity index (χ3v) is 3.83. The van der Waals surface area contributed by atoms with E-state index >= 15 is 0 Å². The Hall–Kier alpha value is -1.59. The highest BCUT2D eigenvalue weighted by molar-refractivity contribution is 9.10. The van der Waals surface area contributed by atoms with Gasteiger partial charge in [-0.15, -0.1) is 0 Å². The molecule has 20 heavy (non-hydrogen) atoms. The van der Waals surface area contributed by atoms with Crippen LogP contribution < -0.4 is 4.74 Å². The monoisotopic (exact) mass is 348 g/mol. The van der Waals surface area contributed by atoms with Crippen molar-refractivity contribution in [3.8, 4) is 11.4 Å². The van der Waals surface area contributed by atoms with Crippen molar-refractivity contribution in [1.29, 1.82) is 0 Å². The third kappa shape index (κ3) is 2.39. The van der Waals surface area contributed by atoms with Crippen LogP contribution in [0, 0.1) is 4.77 Å². The molecule has 3 aromatic rings. The zero-order valence-corrected chi connectivity index (χ0v) is 13.3. The summed E-state index contributed by atoms with van der Waals surface area (Å²) in [6.07, 6.45) is 0. The number of nitrogens with one attached hydrogen (secondary N) is 1. The van der Waals surface area contributed by atoms with Gasteiger partial charge in [-0.2, -0.15) is 0 Å². The Kier molecular flexibility index (Phi) is 3.63. The van der Waals surface area contributed by atoms with E-state index < -0.39 is 0 Å². The number of nitrogens with zero attached hydrogens (tertiary/aromatic N) is 1. The number of aromatic amines is 1. The molecule has 2 aromatic carbocycles. The van der Waals surface area contributed by atoms with E-state index in [9.17, 15) is 0 Å². The minimum absolute atomic E-state index is 0.667. The highest BCUT2D eigenvalue weighted by Gasteiger charge is 2.07. The molecule has 0 bridgehead atoms. The average Bonchev–Trinajstić information content (AvgIpc) is 2.75. The summed E-state index contributed by atoms with van der Waals surface area (Å²) >= 11 is 8.89. The molecule has 0 amide bonds. The second-order valence-corrected chi connectivity index (χ2v) is 5.66. The summed E-state index contributed by atoms with van der Waals surface area (Å²) < 4.78 is 9.19. The van der Waals surface area contributed by atoms with Gasteiger partial charge in [0.15, 0.2) is 4.77 Å². The average molecular weight is 349 g/mol. The van der Waals surface area contributed by atoms with Crippen molar-refractivity contribution in [3.63, 3.8) is 0 Å². The van der Waals surface area contributed by atoms with Crippen molar-refractivity contribution in [2.45, 2.75) is 6.92 Å². The predicted molar refractivity (Wildman–Crippen MR) is 87.3 cm³/mol. The molecule has 1 heterocycles. The molecular weight excluding hydrogens is 336 g/mol. The van der Waals surface area contributed by atoms with Crippen molar-refractivity contribution >= 4 is 39.2 Å². The molecule has 0 unspecified atom stereocenters. The van der Waals surface area contributed by atoms with Gasteiger partial charge >= 0.3 is 0 Å². The van der Waals surface area contributed by atoms with Crippen molar-refractivity contribution in [1.82, 2.24) is 9.55 Å². The quantitative estimate of drug-likeness (QED) is 0.685. The number of halogens is 1. The fraction of sp³-hybridized carbons (Fsp3) is 0.133. The fourth-order valence-electron chi connectivity index (χ4n) is 2.20. The van der Waals surface area contributed by atoms with Gasteiger partial charge in [-0.3, -0.25) is 4.57 Å². The van der Waals surface area contributed by atoms with Crippen LogP contribution >= 0.6 is 28.1 Å². The SMILES string of the molecule is CCOc1ccc(-n2c(=S)[nH]c3cc(Br)ccc32)cc1. The van der Waals surface area contributed by atoms with E-state index in [1.807, 2.05) is 54.0 Å². The molecule has 5 heteroatoms. The Balaban J connectivity index is 2.14. The molecule has 0 fully saturated rings. The molecular formula is C15H13BrN2OS. The van der Waals surface area contributed by atoms with E-state index in [1.165, 1.54) is 0 Å². The number of aromatic nitrogens is 2. The highest BCUT2D eigenvalue weighted by Crippen LogP contribution is 2.24. The maximum Gasteiger partial charge on any atom is 0.182 e. The minimum Gasteiger partial charge on any atom is -0.494 e. The predicted octanol–water partition coefficient (Wildman–Crippen LogP) is 4.85. The van der Waals surface area contributed by atoms with Crippen LogP contribution in [0.15, 0.2) is 46.9 Å². The number of hydrogen-bond donors (Lipinski definition) is 1. The zero-order chi connectivity index (χ0) is 14.1. The summed E-state index contributed by atoms with van der Waals surface area (Å²) in [4.78, 5) is 3.22. The summed E-state index contributed by atoms with van der Waals surface area (Å²) in [7, 11) is 0. The second kappa shape index (κ2) is 5.42. The van der Waals surface area contributed by atoms with E-state index in [2.05, 4.69) is 20.9 Å². The molecule has 0 aliphatic rings. The largest absolute Gasteiger partial charge is 0.494 e. The number of imidazole rings is 1. The van der Waals surface area contributed by atoms with Gasteiger partial charge in [0.25, 0.3) is 0 Å². The second-order valence-electron chi connectivity index (χ2n) is 4.35. The Morgan fingerprint density at radius 1 is 1.20 bits per heavy atom. The van der Waals surface area contributed by atoms with E-state index in [-0.39, 0.29) is 0 Å². The van der Waals surface area contributed by atoms with Crippen LogP contribution in [0.25, 0.3) is 16.7 Å². The van der Waals surface area contributed by atoms with E-state index in [4.69, 9.17) is 17.0 Å². The zero-order valence-electron chi connectivity index (χ0n) is 10.9. The fourth-order valence-corrected chi connectivity index (χ4v) is 2.87. The van der Waals surface area contributed by atoms with Crippen LogP contribution in [0.1, 0.15) is 6.92 Å². The molecule has 0 radical (unpaired) electrons. The van der Waals surface area contributed by atoms with Crippen LogP contribution in [-0.2, 0) is 0 Å². The van der Waals surface area contributed by atoms with Gasteiger partial charge in [0, 0.05) is 10.2 Å². The first kappa shape index (κ1) is 13.4. The molecule has 0 spiro atoms. The molecule has 0 saturated heterocycles. The lowest BCUT2D eigenvalue weighted by Crippen LogP contribution is -1.95. The normalized spacial score (nSPS) is 10.9. The molecule has 0 aliphatic heterocycles. The smallest absolute Gasteiger partial charge is 0.182 e. The van der Waals surface area contributed by atoms with Crippen LogP contribution in [0.2, 0.25) is 0 Å². The summed E-state index contributed by atoms with van der Waals surface area (Å²) in [6, 6.07) is 14.0. The van der Waals surface area contributed by atoms with Gasteiger partial charge in [-0.25, -0.2) is 0 Å². The summed E-state index contributed by atoms with van der Waals surface area (Å²) in [6.45, 7) is 2.64. The Bertz CT molecular complexity index is 805. The topological polar surface area (TPSA) is 29.9 Å². The van der Waals surface area contributed by atoms with Gasteiger partial charge in [0.2, 0.25) is 0 Å².